The second kappa shape index (κ2) is 4.34. The van der Waals surface area contributed by atoms with Crippen LogP contribution in [0.4, 0.5) is 10.5 Å². The first-order valence-corrected chi connectivity index (χ1v) is 5.35. The summed E-state index contributed by atoms with van der Waals surface area (Å²) >= 11 is 0. The number of aryl methyl sites for hydroxylation is 1. The monoisotopic (exact) mass is 204 g/mol. The quantitative estimate of drug-likeness (QED) is 0.780. The van der Waals surface area contributed by atoms with E-state index in [4.69, 9.17) is 0 Å². The molecule has 80 valence electrons. The zero-order valence-electron chi connectivity index (χ0n) is 8.92. The van der Waals surface area contributed by atoms with Crippen molar-refractivity contribution in [3.63, 3.8) is 0 Å². The van der Waals surface area contributed by atoms with Crippen molar-refractivity contribution in [2.45, 2.75) is 19.8 Å². The summed E-state index contributed by atoms with van der Waals surface area (Å²) in [6.45, 7) is 2.83. The average molecular weight is 204 g/mol. The Kier molecular flexibility index (Phi) is 2.90. The number of hydrogen-bond donors (Lipinski definition) is 2. The first-order valence-electron chi connectivity index (χ1n) is 5.35. The van der Waals surface area contributed by atoms with Crippen molar-refractivity contribution in [1.82, 2.24) is 5.32 Å². The maximum Gasteiger partial charge on any atom is 0.319 e. The third kappa shape index (κ3) is 3.27. The Morgan fingerprint density at radius 2 is 2.00 bits per heavy atom. The Morgan fingerprint density at radius 3 is 2.60 bits per heavy atom. The van der Waals surface area contributed by atoms with Gasteiger partial charge in [0.25, 0.3) is 0 Å². The lowest BCUT2D eigenvalue weighted by Crippen LogP contribution is -2.30. The lowest BCUT2D eigenvalue weighted by Gasteiger charge is -2.06. The molecule has 0 saturated heterocycles. The second-order valence-corrected chi connectivity index (χ2v) is 4.14. The second-order valence-electron chi connectivity index (χ2n) is 4.14. The largest absolute Gasteiger partial charge is 0.338 e. The first kappa shape index (κ1) is 10.0. The fraction of sp³-hybridized carbons (Fsp3) is 0.417. The molecule has 2 rings (SSSR count). The summed E-state index contributed by atoms with van der Waals surface area (Å²) in [4.78, 5) is 11.4. The van der Waals surface area contributed by atoms with E-state index in [2.05, 4.69) is 10.6 Å². The number of urea groups is 1. The molecular weight excluding hydrogens is 188 g/mol. The van der Waals surface area contributed by atoms with Crippen molar-refractivity contribution in [3.8, 4) is 0 Å². The molecule has 2 N–H and O–H groups in total. The Balaban J connectivity index is 1.79. The molecule has 0 unspecified atom stereocenters. The van der Waals surface area contributed by atoms with Crippen LogP contribution in [0.1, 0.15) is 18.4 Å². The van der Waals surface area contributed by atoms with E-state index in [1.165, 1.54) is 18.4 Å². The number of carbonyl (C=O) groups excluding carboxylic acids is 1. The molecule has 0 heterocycles. The van der Waals surface area contributed by atoms with Crippen LogP contribution in [0.2, 0.25) is 0 Å². The van der Waals surface area contributed by atoms with Gasteiger partial charge in [0, 0.05) is 12.2 Å². The van der Waals surface area contributed by atoms with Crippen LogP contribution in [0.3, 0.4) is 0 Å². The Morgan fingerprint density at radius 1 is 1.33 bits per heavy atom. The molecule has 0 aromatic heterocycles. The fourth-order valence-electron chi connectivity index (χ4n) is 1.37. The van der Waals surface area contributed by atoms with Gasteiger partial charge in [-0.25, -0.2) is 4.79 Å². The molecule has 0 spiro atoms. The van der Waals surface area contributed by atoms with Gasteiger partial charge in [-0.2, -0.15) is 0 Å². The maximum atomic E-state index is 11.4. The van der Waals surface area contributed by atoms with Crippen LogP contribution in [-0.2, 0) is 0 Å². The zero-order valence-corrected chi connectivity index (χ0v) is 8.92. The standard InChI is InChI=1S/C12H16N2O/c1-9-2-6-11(7-3-9)14-12(15)13-8-10-4-5-10/h2-3,6-7,10H,4-5,8H2,1H3,(H2,13,14,15). The van der Waals surface area contributed by atoms with Crippen LogP contribution < -0.4 is 10.6 Å². The predicted molar refractivity (Wildman–Crippen MR) is 60.9 cm³/mol. The lowest BCUT2D eigenvalue weighted by atomic mass is 10.2. The molecule has 3 nitrogen and oxygen atoms in total. The van der Waals surface area contributed by atoms with Crippen molar-refractivity contribution in [1.29, 1.82) is 0 Å². The van der Waals surface area contributed by atoms with E-state index in [0.717, 1.165) is 12.2 Å². The predicted octanol–water partition coefficient (Wildman–Crippen LogP) is 2.53. The molecule has 0 bridgehead atoms. The van der Waals surface area contributed by atoms with Crippen LogP contribution in [0.15, 0.2) is 24.3 Å². The molecule has 15 heavy (non-hydrogen) atoms. The Bertz CT molecular complexity index is 341. The van der Waals surface area contributed by atoms with Crippen LogP contribution in [0, 0.1) is 12.8 Å². The summed E-state index contributed by atoms with van der Waals surface area (Å²) in [6, 6.07) is 7.68. The minimum atomic E-state index is -0.106. The summed E-state index contributed by atoms with van der Waals surface area (Å²) in [5.41, 5.74) is 2.04. The van der Waals surface area contributed by atoms with E-state index in [1.807, 2.05) is 31.2 Å². The van der Waals surface area contributed by atoms with Gasteiger partial charge in [-0.05, 0) is 37.8 Å². The van der Waals surface area contributed by atoms with Crippen LogP contribution in [-0.4, -0.2) is 12.6 Å². The average Bonchev–Trinajstić information content (AvgIpc) is 3.02. The molecule has 1 fully saturated rings. The molecule has 2 amide bonds. The van der Waals surface area contributed by atoms with Crippen LogP contribution >= 0.6 is 0 Å². The summed E-state index contributed by atoms with van der Waals surface area (Å²) in [7, 11) is 0. The molecule has 0 atom stereocenters. The van der Waals surface area contributed by atoms with Gasteiger partial charge in [0.05, 0.1) is 0 Å². The van der Waals surface area contributed by atoms with Gasteiger partial charge in [0.2, 0.25) is 0 Å². The number of anilines is 1. The van der Waals surface area contributed by atoms with Crippen LogP contribution in [0.25, 0.3) is 0 Å². The lowest BCUT2D eigenvalue weighted by molar-refractivity contribution is 0.251. The minimum Gasteiger partial charge on any atom is -0.338 e. The van der Waals surface area contributed by atoms with Gasteiger partial charge < -0.3 is 10.6 Å². The smallest absolute Gasteiger partial charge is 0.319 e. The van der Waals surface area contributed by atoms with Gasteiger partial charge in [-0.3, -0.25) is 0 Å². The van der Waals surface area contributed by atoms with E-state index in [-0.39, 0.29) is 6.03 Å². The van der Waals surface area contributed by atoms with Gasteiger partial charge in [-0.15, -0.1) is 0 Å². The molecule has 1 aromatic carbocycles. The molecule has 1 aliphatic carbocycles. The van der Waals surface area contributed by atoms with Crippen molar-refractivity contribution in [3.05, 3.63) is 29.8 Å². The number of nitrogens with one attached hydrogen (secondary N) is 2. The number of hydrogen-bond acceptors (Lipinski definition) is 1. The molecule has 1 aromatic rings. The van der Waals surface area contributed by atoms with Crippen LogP contribution in [0.5, 0.6) is 0 Å². The zero-order chi connectivity index (χ0) is 10.7. The molecule has 0 aliphatic heterocycles. The fourth-order valence-corrected chi connectivity index (χ4v) is 1.37. The molecule has 0 radical (unpaired) electrons. The third-order valence-electron chi connectivity index (χ3n) is 2.56. The van der Waals surface area contributed by atoms with Gasteiger partial charge in [-0.1, -0.05) is 17.7 Å². The van der Waals surface area contributed by atoms with Gasteiger partial charge in [0.15, 0.2) is 0 Å². The molecular formula is C12H16N2O. The van der Waals surface area contributed by atoms with Gasteiger partial charge in [0.1, 0.15) is 0 Å². The van der Waals surface area contributed by atoms with Gasteiger partial charge >= 0.3 is 6.03 Å². The third-order valence-corrected chi connectivity index (χ3v) is 2.56. The number of benzene rings is 1. The van der Waals surface area contributed by atoms with E-state index >= 15 is 0 Å². The number of carbonyl (C=O) groups is 1. The highest BCUT2D eigenvalue weighted by atomic mass is 16.2. The minimum absolute atomic E-state index is 0.106. The highest BCUT2D eigenvalue weighted by Gasteiger charge is 2.21. The van der Waals surface area contributed by atoms with E-state index in [1.54, 1.807) is 0 Å². The maximum absolute atomic E-state index is 11.4. The summed E-state index contributed by atoms with van der Waals surface area (Å²) in [6.07, 6.45) is 2.51. The normalized spacial score (nSPS) is 14.7. The highest BCUT2D eigenvalue weighted by Crippen LogP contribution is 2.27. The summed E-state index contributed by atoms with van der Waals surface area (Å²) < 4.78 is 0. The van der Waals surface area contributed by atoms with Crippen molar-refractivity contribution < 1.29 is 4.79 Å². The Labute approximate surface area is 89.9 Å². The SMILES string of the molecule is Cc1ccc(NC(=O)NCC2CC2)cc1. The van der Waals surface area contributed by atoms with Crippen molar-refractivity contribution in [2.24, 2.45) is 5.92 Å². The topological polar surface area (TPSA) is 41.1 Å². The van der Waals surface area contributed by atoms with E-state index in [0.29, 0.717) is 5.92 Å². The Hall–Kier alpha value is -1.51. The highest BCUT2D eigenvalue weighted by molar-refractivity contribution is 5.89. The van der Waals surface area contributed by atoms with Crippen molar-refractivity contribution >= 4 is 11.7 Å². The summed E-state index contributed by atoms with van der Waals surface area (Å²) in [5.74, 6) is 0.716. The molecule has 1 aliphatic rings. The van der Waals surface area contributed by atoms with E-state index in [9.17, 15) is 4.79 Å². The first-order chi connectivity index (χ1) is 7.24. The number of amides is 2. The summed E-state index contributed by atoms with van der Waals surface area (Å²) in [5, 5.41) is 5.66. The van der Waals surface area contributed by atoms with Crippen molar-refractivity contribution in [2.75, 3.05) is 11.9 Å². The van der Waals surface area contributed by atoms with E-state index < -0.39 is 0 Å². The molecule has 1 saturated carbocycles. The number of rotatable bonds is 3. The molecule has 3 heteroatoms.